The number of para-hydroxylation sites is 1. The normalized spacial score (nSPS) is 16.7. The van der Waals surface area contributed by atoms with Gasteiger partial charge in [-0.15, -0.1) is 0 Å². The number of nitrogens with one attached hydrogen (secondary N) is 1. The average molecular weight is 399 g/mol. The van der Waals surface area contributed by atoms with Gasteiger partial charge in [-0.1, -0.05) is 30.7 Å². The zero-order valence-corrected chi connectivity index (χ0v) is 17.3. The van der Waals surface area contributed by atoms with Crippen molar-refractivity contribution in [2.24, 2.45) is 7.05 Å². The maximum atomic E-state index is 12.7. The molecule has 152 valence electrons. The molecule has 1 aromatic heterocycles. The highest BCUT2D eigenvalue weighted by atomic mass is 16.2. The van der Waals surface area contributed by atoms with Crippen molar-refractivity contribution in [1.82, 2.24) is 9.47 Å². The first-order valence-corrected chi connectivity index (χ1v) is 10.4. The van der Waals surface area contributed by atoms with Gasteiger partial charge in [0.25, 0.3) is 0 Å². The summed E-state index contributed by atoms with van der Waals surface area (Å²) in [6.07, 6.45) is 8.45. The molecule has 1 aliphatic heterocycles. The van der Waals surface area contributed by atoms with Crippen molar-refractivity contribution in [3.05, 3.63) is 71.4 Å². The highest BCUT2D eigenvalue weighted by Gasteiger charge is 2.50. The molecular weight excluding hydrogens is 374 g/mol. The largest absolute Gasteiger partial charge is 0.350 e. The van der Waals surface area contributed by atoms with Gasteiger partial charge >= 0.3 is 0 Å². The molecular formula is C25H25N3O2. The standard InChI is InChI=1S/C25H25N3O2/c1-27-15-18(19-6-3-4-7-22(19)27)16-28(2)23(29)11-9-17-8-10-21-20(14-17)25(12-5-13-25)24(30)26-21/h3-4,6-11,14-15H,5,12-13,16H2,1-2H3,(H,26,30)/b11-9+. The summed E-state index contributed by atoms with van der Waals surface area (Å²) in [5, 5.41) is 4.18. The highest BCUT2D eigenvalue weighted by molar-refractivity contribution is 6.07. The number of benzene rings is 2. The van der Waals surface area contributed by atoms with Crippen LogP contribution in [0.1, 0.15) is 36.0 Å². The highest BCUT2D eigenvalue weighted by Crippen LogP contribution is 2.51. The van der Waals surface area contributed by atoms with Crippen LogP contribution in [0.25, 0.3) is 17.0 Å². The van der Waals surface area contributed by atoms with Crippen molar-refractivity contribution in [3.63, 3.8) is 0 Å². The van der Waals surface area contributed by atoms with Crippen LogP contribution in [0.4, 0.5) is 5.69 Å². The Morgan fingerprint density at radius 1 is 1.23 bits per heavy atom. The molecule has 0 bridgehead atoms. The van der Waals surface area contributed by atoms with Crippen molar-refractivity contribution in [2.45, 2.75) is 31.2 Å². The number of anilines is 1. The number of aromatic nitrogens is 1. The molecule has 2 aliphatic rings. The van der Waals surface area contributed by atoms with E-state index in [9.17, 15) is 9.59 Å². The molecule has 5 heteroatoms. The average Bonchev–Trinajstić information content (AvgIpc) is 3.19. The van der Waals surface area contributed by atoms with E-state index in [-0.39, 0.29) is 17.2 Å². The van der Waals surface area contributed by atoms with Gasteiger partial charge in [-0.05, 0) is 53.8 Å². The maximum Gasteiger partial charge on any atom is 0.246 e. The minimum Gasteiger partial charge on any atom is -0.350 e. The predicted molar refractivity (Wildman–Crippen MR) is 119 cm³/mol. The van der Waals surface area contributed by atoms with Crippen LogP contribution in [-0.2, 0) is 28.6 Å². The lowest BCUT2D eigenvalue weighted by molar-refractivity contribution is -0.125. The van der Waals surface area contributed by atoms with E-state index in [0.717, 1.165) is 47.2 Å². The summed E-state index contributed by atoms with van der Waals surface area (Å²) in [5.74, 6) is 0.0757. The third kappa shape index (κ3) is 2.84. The fourth-order valence-electron chi connectivity index (χ4n) is 4.74. The fraction of sp³-hybridized carbons (Fsp3) is 0.280. The molecule has 1 N–H and O–H groups in total. The number of likely N-dealkylation sites (N-methyl/N-ethyl adjacent to an activating group) is 1. The Morgan fingerprint density at radius 3 is 2.80 bits per heavy atom. The number of hydrogen-bond donors (Lipinski definition) is 1. The van der Waals surface area contributed by atoms with Crippen molar-refractivity contribution in [1.29, 1.82) is 0 Å². The Bertz CT molecular complexity index is 1200. The van der Waals surface area contributed by atoms with Gasteiger partial charge < -0.3 is 14.8 Å². The molecule has 2 heterocycles. The van der Waals surface area contributed by atoms with Crippen molar-refractivity contribution < 1.29 is 9.59 Å². The van der Waals surface area contributed by atoms with E-state index in [2.05, 4.69) is 34.3 Å². The lowest BCUT2D eigenvalue weighted by Crippen LogP contribution is -2.40. The lowest BCUT2D eigenvalue weighted by atomic mass is 9.65. The monoisotopic (exact) mass is 399 g/mol. The molecule has 0 unspecified atom stereocenters. The smallest absolute Gasteiger partial charge is 0.246 e. The Hall–Kier alpha value is -3.34. The van der Waals surface area contributed by atoms with Crippen molar-refractivity contribution >= 4 is 34.5 Å². The molecule has 0 atom stereocenters. The summed E-state index contributed by atoms with van der Waals surface area (Å²) in [5.41, 5.74) is 4.90. The van der Waals surface area contributed by atoms with E-state index >= 15 is 0 Å². The van der Waals surface area contributed by atoms with E-state index < -0.39 is 0 Å². The molecule has 30 heavy (non-hydrogen) atoms. The Labute approximate surface area is 176 Å². The van der Waals surface area contributed by atoms with Crippen LogP contribution in [0.5, 0.6) is 0 Å². The maximum absolute atomic E-state index is 12.7. The Balaban J connectivity index is 1.32. The topological polar surface area (TPSA) is 54.3 Å². The summed E-state index contributed by atoms with van der Waals surface area (Å²) in [6.45, 7) is 0.552. The molecule has 2 amide bonds. The molecule has 0 radical (unpaired) electrons. The summed E-state index contributed by atoms with van der Waals surface area (Å²) in [4.78, 5) is 26.8. The number of rotatable bonds is 4. The Kier molecular flexibility index (Phi) is 4.28. The summed E-state index contributed by atoms with van der Waals surface area (Å²) in [7, 11) is 3.85. The van der Waals surface area contributed by atoms with E-state index in [0.29, 0.717) is 6.54 Å². The van der Waals surface area contributed by atoms with Crippen LogP contribution >= 0.6 is 0 Å². The molecule has 2 aromatic carbocycles. The van der Waals surface area contributed by atoms with Crippen LogP contribution in [0.3, 0.4) is 0 Å². The third-order valence-electron chi connectivity index (χ3n) is 6.63. The Morgan fingerprint density at radius 2 is 2.03 bits per heavy atom. The second-order valence-corrected chi connectivity index (χ2v) is 8.50. The predicted octanol–water partition coefficient (Wildman–Crippen LogP) is 4.22. The van der Waals surface area contributed by atoms with E-state index in [1.165, 1.54) is 5.39 Å². The lowest BCUT2D eigenvalue weighted by Gasteiger charge is -2.36. The number of carbonyl (C=O) groups is 2. The van der Waals surface area contributed by atoms with Crippen LogP contribution < -0.4 is 5.32 Å². The number of aryl methyl sites for hydroxylation is 1. The number of nitrogens with zero attached hydrogens (tertiary/aromatic N) is 2. The summed E-state index contributed by atoms with van der Waals surface area (Å²) in [6, 6.07) is 14.2. The number of carbonyl (C=O) groups excluding carboxylic acids is 2. The van der Waals surface area contributed by atoms with Crippen LogP contribution in [-0.4, -0.2) is 28.3 Å². The third-order valence-corrected chi connectivity index (χ3v) is 6.63. The van der Waals surface area contributed by atoms with Crippen molar-refractivity contribution in [3.8, 4) is 0 Å². The molecule has 5 nitrogen and oxygen atoms in total. The van der Waals surface area contributed by atoms with Gasteiger partial charge in [0.05, 0.1) is 5.41 Å². The van der Waals surface area contributed by atoms with Crippen LogP contribution in [0, 0.1) is 0 Å². The van der Waals surface area contributed by atoms with E-state index in [1.54, 1.807) is 11.0 Å². The SMILES string of the molecule is CN(Cc1cn(C)c2ccccc12)C(=O)/C=C/c1ccc2c(c1)C1(CCC1)C(=O)N2. The summed E-state index contributed by atoms with van der Waals surface area (Å²) >= 11 is 0. The quantitative estimate of drug-likeness (QED) is 0.668. The number of amides is 2. The minimum absolute atomic E-state index is 0.0454. The molecule has 1 saturated carbocycles. The van der Waals surface area contributed by atoms with Gasteiger partial charge in [0.2, 0.25) is 11.8 Å². The first-order chi connectivity index (χ1) is 14.5. The van der Waals surface area contributed by atoms with E-state index in [1.807, 2.05) is 44.4 Å². The van der Waals surface area contributed by atoms with Gasteiger partial charge in [-0.25, -0.2) is 0 Å². The van der Waals surface area contributed by atoms with E-state index in [4.69, 9.17) is 0 Å². The van der Waals surface area contributed by atoms with Gasteiger partial charge in [0, 0.05) is 49.5 Å². The second-order valence-electron chi connectivity index (χ2n) is 8.50. The molecule has 5 rings (SSSR count). The molecule has 1 aliphatic carbocycles. The van der Waals surface area contributed by atoms with Gasteiger partial charge in [-0.3, -0.25) is 9.59 Å². The first-order valence-electron chi connectivity index (χ1n) is 10.4. The van der Waals surface area contributed by atoms with Gasteiger partial charge in [0.15, 0.2) is 0 Å². The second kappa shape index (κ2) is 6.87. The number of fused-ring (bicyclic) bond motifs is 3. The molecule has 0 saturated heterocycles. The number of hydrogen-bond acceptors (Lipinski definition) is 2. The summed E-state index contributed by atoms with van der Waals surface area (Å²) < 4.78 is 2.09. The fourth-order valence-corrected chi connectivity index (χ4v) is 4.74. The zero-order valence-electron chi connectivity index (χ0n) is 17.3. The molecule has 1 spiro atoms. The van der Waals surface area contributed by atoms with Crippen LogP contribution in [0.2, 0.25) is 0 Å². The minimum atomic E-state index is -0.339. The first kappa shape index (κ1) is 18.7. The van der Waals surface area contributed by atoms with Crippen LogP contribution in [0.15, 0.2) is 54.7 Å². The van der Waals surface area contributed by atoms with Crippen molar-refractivity contribution in [2.75, 3.05) is 12.4 Å². The molecule has 3 aromatic rings. The van der Waals surface area contributed by atoms with Gasteiger partial charge in [0.1, 0.15) is 0 Å². The zero-order chi connectivity index (χ0) is 20.9. The molecule has 1 fully saturated rings. The van der Waals surface area contributed by atoms with Gasteiger partial charge in [-0.2, -0.15) is 0 Å².